The monoisotopic (exact) mass is 406 g/mol. The Morgan fingerprint density at radius 1 is 1.00 bits per heavy atom. The largest absolute Gasteiger partial charge is 0.348 e. The van der Waals surface area contributed by atoms with Crippen molar-refractivity contribution in [3.05, 3.63) is 95.0 Å². The van der Waals surface area contributed by atoms with Crippen LogP contribution < -0.4 is 5.32 Å². The van der Waals surface area contributed by atoms with Crippen molar-refractivity contribution >= 4 is 17.5 Å². The Bertz CT molecular complexity index is 1140. The average molecular weight is 407 g/mol. The van der Waals surface area contributed by atoms with Gasteiger partial charge in [0.05, 0.1) is 0 Å². The number of H-pyrrole nitrogens is 1. The summed E-state index contributed by atoms with van der Waals surface area (Å²) >= 11 is 5.89. The highest BCUT2D eigenvalue weighted by molar-refractivity contribution is 6.30. The molecule has 0 aliphatic rings. The third-order valence-corrected chi connectivity index (χ3v) is 4.74. The quantitative estimate of drug-likeness (QED) is 0.497. The van der Waals surface area contributed by atoms with Gasteiger partial charge in [-0.05, 0) is 41.5 Å². The molecule has 0 spiro atoms. The molecule has 0 fully saturated rings. The second kappa shape index (κ2) is 8.24. The van der Waals surface area contributed by atoms with Crippen LogP contribution in [0, 0.1) is 5.82 Å². The van der Waals surface area contributed by atoms with Gasteiger partial charge in [0, 0.05) is 28.3 Å². The zero-order chi connectivity index (χ0) is 20.2. The molecule has 7 heteroatoms. The third-order valence-electron chi connectivity index (χ3n) is 4.48. The van der Waals surface area contributed by atoms with Crippen LogP contribution in [-0.4, -0.2) is 21.1 Å². The number of rotatable bonds is 5. The maximum atomic E-state index is 14.5. The molecule has 0 bridgehead atoms. The first-order valence-electron chi connectivity index (χ1n) is 8.88. The molecule has 3 aromatic carbocycles. The minimum absolute atomic E-state index is 0.0814. The smallest absolute Gasteiger partial charge is 0.251 e. The minimum atomic E-state index is -0.381. The summed E-state index contributed by atoms with van der Waals surface area (Å²) in [4.78, 5) is 16.6. The van der Waals surface area contributed by atoms with Gasteiger partial charge in [-0.3, -0.25) is 9.89 Å². The molecule has 0 saturated carbocycles. The fourth-order valence-electron chi connectivity index (χ4n) is 2.94. The third kappa shape index (κ3) is 4.33. The Kier molecular flexibility index (Phi) is 5.35. The summed E-state index contributed by atoms with van der Waals surface area (Å²) < 4.78 is 14.5. The molecular formula is C22H16ClFN4O. The Labute approximate surface area is 171 Å². The van der Waals surface area contributed by atoms with Crippen molar-refractivity contribution in [2.45, 2.75) is 6.54 Å². The van der Waals surface area contributed by atoms with Crippen molar-refractivity contribution in [3.63, 3.8) is 0 Å². The van der Waals surface area contributed by atoms with Crippen molar-refractivity contribution in [3.8, 4) is 22.5 Å². The van der Waals surface area contributed by atoms with E-state index in [2.05, 4.69) is 20.5 Å². The van der Waals surface area contributed by atoms with E-state index in [1.54, 1.807) is 36.4 Å². The number of nitrogens with zero attached hydrogens (tertiary/aromatic N) is 2. The number of benzene rings is 3. The van der Waals surface area contributed by atoms with Crippen LogP contribution in [0.5, 0.6) is 0 Å². The van der Waals surface area contributed by atoms with E-state index in [0.717, 1.165) is 16.7 Å². The zero-order valence-electron chi connectivity index (χ0n) is 15.2. The molecule has 0 aliphatic heterocycles. The van der Waals surface area contributed by atoms with Gasteiger partial charge in [0.1, 0.15) is 12.1 Å². The van der Waals surface area contributed by atoms with Gasteiger partial charge >= 0.3 is 0 Å². The molecule has 5 nitrogen and oxygen atoms in total. The molecule has 2 N–H and O–H groups in total. The predicted molar refractivity (Wildman–Crippen MR) is 110 cm³/mol. The average Bonchev–Trinajstić information content (AvgIpc) is 3.28. The van der Waals surface area contributed by atoms with E-state index in [0.29, 0.717) is 22.0 Å². The molecule has 0 atom stereocenters. The molecule has 1 amide bonds. The molecule has 4 rings (SSSR count). The van der Waals surface area contributed by atoms with E-state index in [4.69, 9.17) is 11.6 Å². The lowest BCUT2D eigenvalue weighted by Gasteiger charge is -2.09. The summed E-state index contributed by atoms with van der Waals surface area (Å²) in [6.45, 7) is 0.0814. The van der Waals surface area contributed by atoms with Crippen molar-refractivity contribution in [1.82, 2.24) is 20.5 Å². The number of hydrogen-bond donors (Lipinski definition) is 2. The first kappa shape index (κ1) is 18.8. The van der Waals surface area contributed by atoms with Crippen LogP contribution in [0.3, 0.4) is 0 Å². The fourth-order valence-corrected chi connectivity index (χ4v) is 3.07. The highest BCUT2D eigenvalue weighted by Gasteiger charge is 2.11. The summed E-state index contributed by atoms with van der Waals surface area (Å²) in [5, 5.41) is 9.94. The van der Waals surface area contributed by atoms with Crippen LogP contribution in [0.2, 0.25) is 5.02 Å². The number of hydrogen-bond acceptors (Lipinski definition) is 3. The van der Waals surface area contributed by atoms with E-state index < -0.39 is 0 Å². The molecular weight excluding hydrogens is 391 g/mol. The standard InChI is InChI=1S/C22H16ClFN4O/c23-19-8-6-14(7-9-19)15-4-5-18(20(24)11-15)12-25-22(29)17-3-1-2-16(10-17)21-26-13-27-28-21/h1-11,13H,12H2,(H,25,29)(H,26,27,28). The summed E-state index contributed by atoms with van der Waals surface area (Å²) in [7, 11) is 0. The zero-order valence-corrected chi connectivity index (χ0v) is 15.9. The molecule has 29 heavy (non-hydrogen) atoms. The molecule has 0 unspecified atom stereocenters. The van der Waals surface area contributed by atoms with Crippen LogP contribution in [0.1, 0.15) is 15.9 Å². The van der Waals surface area contributed by atoms with Gasteiger partial charge in [0.15, 0.2) is 5.82 Å². The number of carbonyl (C=O) groups excluding carboxylic acids is 1. The second-order valence-electron chi connectivity index (χ2n) is 6.41. The van der Waals surface area contributed by atoms with E-state index >= 15 is 0 Å². The topological polar surface area (TPSA) is 70.7 Å². The molecule has 0 radical (unpaired) electrons. The number of amides is 1. The van der Waals surface area contributed by atoms with Gasteiger partial charge in [0.2, 0.25) is 0 Å². The van der Waals surface area contributed by atoms with E-state index in [9.17, 15) is 9.18 Å². The minimum Gasteiger partial charge on any atom is -0.348 e. The summed E-state index contributed by atoms with van der Waals surface area (Å²) in [6, 6.07) is 19.1. The van der Waals surface area contributed by atoms with Crippen molar-refractivity contribution in [1.29, 1.82) is 0 Å². The maximum Gasteiger partial charge on any atom is 0.251 e. The Hall–Kier alpha value is -3.51. The van der Waals surface area contributed by atoms with Crippen molar-refractivity contribution in [2.75, 3.05) is 0 Å². The van der Waals surface area contributed by atoms with Gasteiger partial charge in [-0.15, -0.1) is 0 Å². The van der Waals surface area contributed by atoms with Crippen LogP contribution in [-0.2, 0) is 6.54 Å². The normalized spacial score (nSPS) is 10.7. The van der Waals surface area contributed by atoms with Gasteiger partial charge in [-0.1, -0.05) is 48.0 Å². The predicted octanol–water partition coefficient (Wildman–Crippen LogP) is 4.86. The van der Waals surface area contributed by atoms with E-state index in [1.807, 2.05) is 24.3 Å². The second-order valence-corrected chi connectivity index (χ2v) is 6.85. The highest BCUT2D eigenvalue weighted by Crippen LogP contribution is 2.24. The first-order chi connectivity index (χ1) is 14.1. The molecule has 0 saturated heterocycles. The number of aromatic nitrogens is 3. The number of aromatic amines is 1. The lowest BCUT2D eigenvalue weighted by molar-refractivity contribution is 0.0950. The maximum absolute atomic E-state index is 14.5. The molecule has 1 aromatic heterocycles. The van der Waals surface area contributed by atoms with Crippen LogP contribution in [0.25, 0.3) is 22.5 Å². The highest BCUT2D eigenvalue weighted by atomic mass is 35.5. The lowest BCUT2D eigenvalue weighted by Crippen LogP contribution is -2.23. The van der Waals surface area contributed by atoms with Crippen LogP contribution in [0.15, 0.2) is 73.1 Å². The molecule has 0 aliphatic carbocycles. The van der Waals surface area contributed by atoms with Gasteiger partial charge in [-0.2, -0.15) is 5.10 Å². The lowest BCUT2D eigenvalue weighted by atomic mass is 10.0. The van der Waals surface area contributed by atoms with Crippen molar-refractivity contribution < 1.29 is 9.18 Å². The molecule has 4 aromatic rings. The molecule has 1 heterocycles. The van der Waals surface area contributed by atoms with Gasteiger partial charge in [-0.25, -0.2) is 9.37 Å². The Morgan fingerprint density at radius 3 is 2.52 bits per heavy atom. The van der Waals surface area contributed by atoms with Gasteiger partial charge in [0.25, 0.3) is 5.91 Å². The first-order valence-corrected chi connectivity index (χ1v) is 9.26. The Morgan fingerprint density at radius 2 is 1.79 bits per heavy atom. The fraction of sp³-hybridized carbons (Fsp3) is 0.0455. The summed E-state index contributed by atoms with van der Waals surface area (Å²) in [5.41, 5.74) is 3.22. The van der Waals surface area contributed by atoms with Crippen LogP contribution >= 0.6 is 11.6 Å². The molecule has 144 valence electrons. The van der Waals surface area contributed by atoms with Gasteiger partial charge < -0.3 is 5.32 Å². The summed E-state index contributed by atoms with van der Waals surface area (Å²) in [6.07, 6.45) is 1.40. The van der Waals surface area contributed by atoms with Crippen molar-refractivity contribution in [2.24, 2.45) is 0 Å². The SMILES string of the molecule is O=C(NCc1ccc(-c2ccc(Cl)cc2)cc1F)c1cccc(-c2ncn[nH]2)c1. The summed E-state index contributed by atoms with van der Waals surface area (Å²) in [5.74, 6) is -0.107. The number of carbonyl (C=O) groups is 1. The number of nitrogens with one attached hydrogen (secondary N) is 2. The van der Waals surface area contributed by atoms with E-state index in [1.165, 1.54) is 12.4 Å². The van der Waals surface area contributed by atoms with E-state index in [-0.39, 0.29) is 18.3 Å². The number of halogens is 2. The van der Waals surface area contributed by atoms with Crippen LogP contribution in [0.4, 0.5) is 4.39 Å². The Balaban J connectivity index is 1.45.